The lowest BCUT2D eigenvalue weighted by atomic mass is 10.2. The van der Waals surface area contributed by atoms with E-state index in [1.54, 1.807) is 0 Å². The number of hydrogen-bond acceptors (Lipinski definition) is 4. The van der Waals surface area contributed by atoms with Crippen molar-refractivity contribution >= 4 is 39.9 Å². The summed E-state index contributed by atoms with van der Waals surface area (Å²) in [6.45, 7) is 1.93. The van der Waals surface area contributed by atoms with Crippen molar-refractivity contribution in [2.24, 2.45) is 0 Å². The zero-order valence-corrected chi connectivity index (χ0v) is 11.4. The number of nitrogens with one attached hydrogen (secondary N) is 2. The molecule has 2 heterocycles. The zero-order valence-electron chi connectivity index (χ0n) is 9.79. The maximum atomic E-state index is 12.0. The Morgan fingerprint density at radius 1 is 1.33 bits per heavy atom. The number of amides is 1. The highest BCUT2D eigenvalue weighted by Crippen LogP contribution is 2.36. The van der Waals surface area contributed by atoms with E-state index in [1.165, 1.54) is 11.8 Å². The van der Waals surface area contributed by atoms with Gasteiger partial charge >= 0.3 is 0 Å². The van der Waals surface area contributed by atoms with Crippen molar-refractivity contribution in [2.45, 2.75) is 24.5 Å². The minimum atomic E-state index is -0.172. The molecule has 1 aromatic carbocycles. The first-order chi connectivity index (χ1) is 8.66. The molecule has 4 nitrogen and oxygen atoms in total. The number of anilines is 1. The third kappa shape index (κ3) is 1.90. The third-order valence-electron chi connectivity index (χ3n) is 3.06. The normalized spacial score (nSPS) is 31.2. The number of nitrogens with zero attached hydrogens (tertiary/aromatic N) is 1. The van der Waals surface area contributed by atoms with Gasteiger partial charge in [-0.2, -0.15) is 0 Å². The first-order valence-corrected chi connectivity index (χ1v) is 7.07. The third-order valence-corrected chi connectivity index (χ3v) is 4.67. The minimum Gasteiger partial charge on any atom is -0.340 e. The van der Waals surface area contributed by atoms with Crippen molar-refractivity contribution in [3.63, 3.8) is 0 Å². The summed E-state index contributed by atoms with van der Waals surface area (Å²) in [5, 5.41) is 6.09. The van der Waals surface area contributed by atoms with Crippen molar-refractivity contribution in [3.05, 3.63) is 30.3 Å². The quantitative estimate of drug-likeness (QED) is 0.758. The topological polar surface area (TPSA) is 44.4 Å². The lowest BCUT2D eigenvalue weighted by Crippen LogP contribution is -2.64. The first kappa shape index (κ1) is 12.0. The molecule has 2 N–H and O–H groups in total. The first-order valence-electron chi connectivity index (χ1n) is 5.78. The molecular weight excluding hydrogens is 266 g/mol. The van der Waals surface area contributed by atoms with Crippen LogP contribution in [0.2, 0.25) is 0 Å². The fraction of sp³-hybridized carbons (Fsp3) is 0.333. The van der Waals surface area contributed by atoms with Crippen LogP contribution in [-0.2, 0) is 4.79 Å². The van der Waals surface area contributed by atoms with Crippen LogP contribution in [-0.4, -0.2) is 27.8 Å². The highest BCUT2D eigenvalue weighted by Gasteiger charge is 2.46. The van der Waals surface area contributed by atoms with Crippen LogP contribution in [0, 0.1) is 0 Å². The number of carbonyl (C=O) groups is 1. The fourth-order valence-corrected chi connectivity index (χ4v) is 3.87. The van der Waals surface area contributed by atoms with Gasteiger partial charge in [0.2, 0.25) is 5.91 Å². The standard InChI is InChI=1S/C12H13N3OS2/c1-7-13-10-9(11(16)14-7)18-12(17)15(10)8-5-3-2-4-6-8/h2-7,9-10,13H,1H3,(H,14,16). The Morgan fingerprint density at radius 3 is 2.78 bits per heavy atom. The van der Waals surface area contributed by atoms with Crippen molar-refractivity contribution in [3.8, 4) is 0 Å². The Morgan fingerprint density at radius 2 is 2.06 bits per heavy atom. The summed E-state index contributed by atoms with van der Waals surface area (Å²) in [5.41, 5.74) is 1.02. The van der Waals surface area contributed by atoms with Crippen LogP contribution in [0.3, 0.4) is 0 Å². The molecule has 3 rings (SSSR count). The van der Waals surface area contributed by atoms with E-state index in [9.17, 15) is 4.79 Å². The molecular formula is C12H13N3OS2. The van der Waals surface area contributed by atoms with Gasteiger partial charge in [0, 0.05) is 5.69 Å². The van der Waals surface area contributed by atoms with Crippen LogP contribution >= 0.6 is 24.0 Å². The van der Waals surface area contributed by atoms with Crippen LogP contribution in [0.5, 0.6) is 0 Å². The SMILES string of the molecule is CC1NC(=O)C2SC(=S)N(c3ccccc3)C2N1. The summed E-state index contributed by atoms with van der Waals surface area (Å²) in [6.07, 6.45) is -0.0971. The van der Waals surface area contributed by atoms with E-state index in [-0.39, 0.29) is 23.5 Å². The van der Waals surface area contributed by atoms with Crippen LogP contribution in [0.15, 0.2) is 30.3 Å². The number of carbonyl (C=O) groups excluding carboxylic acids is 1. The van der Waals surface area contributed by atoms with Crippen molar-refractivity contribution in [1.82, 2.24) is 10.6 Å². The van der Waals surface area contributed by atoms with Gasteiger partial charge in [-0.25, -0.2) is 0 Å². The van der Waals surface area contributed by atoms with Gasteiger partial charge in [-0.05, 0) is 19.1 Å². The molecule has 2 aliphatic heterocycles. The molecule has 0 spiro atoms. The van der Waals surface area contributed by atoms with Gasteiger partial charge in [0.05, 0.1) is 6.17 Å². The van der Waals surface area contributed by atoms with Crippen LogP contribution in [0.4, 0.5) is 5.69 Å². The van der Waals surface area contributed by atoms with E-state index in [0.29, 0.717) is 0 Å². The van der Waals surface area contributed by atoms with Gasteiger partial charge in [0.25, 0.3) is 0 Å². The predicted octanol–water partition coefficient (Wildman–Crippen LogP) is 1.28. The van der Waals surface area contributed by atoms with Crippen molar-refractivity contribution in [2.75, 3.05) is 4.90 Å². The summed E-state index contributed by atoms with van der Waals surface area (Å²) in [5.74, 6) is 0.0528. The molecule has 6 heteroatoms. The average molecular weight is 279 g/mol. The van der Waals surface area contributed by atoms with Gasteiger partial charge in [0.1, 0.15) is 15.7 Å². The Kier molecular flexibility index (Phi) is 3.01. The Labute approximate surface area is 115 Å². The molecule has 0 aromatic heterocycles. The lowest BCUT2D eigenvalue weighted by molar-refractivity contribution is -0.123. The largest absolute Gasteiger partial charge is 0.340 e. The summed E-state index contributed by atoms with van der Waals surface area (Å²) < 4.78 is 0.743. The number of benzene rings is 1. The summed E-state index contributed by atoms with van der Waals surface area (Å²) in [4.78, 5) is 14.0. The second-order valence-corrected chi connectivity index (χ2v) is 6.13. The zero-order chi connectivity index (χ0) is 12.7. The Hall–Kier alpha value is -1.11. The molecule has 0 aliphatic carbocycles. The molecule has 18 heavy (non-hydrogen) atoms. The Balaban J connectivity index is 1.95. The second kappa shape index (κ2) is 4.53. The molecule has 0 radical (unpaired) electrons. The Bertz CT molecular complexity index is 493. The molecule has 1 amide bonds. The average Bonchev–Trinajstić information content (AvgIpc) is 2.67. The molecule has 2 fully saturated rings. The molecule has 2 saturated heterocycles. The molecule has 2 aliphatic rings. The second-order valence-electron chi connectivity index (χ2n) is 4.35. The fourth-order valence-electron chi connectivity index (χ4n) is 2.29. The van der Waals surface area contributed by atoms with Crippen LogP contribution in [0.25, 0.3) is 0 Å². The predicted molar refractivity (Wildman–Crippen MR) is 77.4 cm³/mol. The van der Waals surface area contributed by atoms with Gasteiger partial charge in [0.15, 0.2) is 0 Å². The van der Waals surface area contributed by atoms with Gasteiger partial charge in [-0.1, -0.05) is 42.2 Å². The van der Waals surface area contributed by atoms with E-state index in [0.717, 1.165) is 10.0 Å². The minimum absolute atomic E-state index is 0.0357. The maximum Gasteiger partial charge on any atom is 0.238 e. The summed E-state index contributed by atoms with van der Waals surface area (Å²) in [7, 11) is 0. The molecule has 0 bridgehead atoms. The number of hydrogen-bond donors (Lipinski definition) is 2. The number of para-hydroxylation sites is 1. The van der Waals surface area contributed by atoms with Crippen LogP contribution in [0.1, 0.15) is 6.92 Å². The highest BCUT2D eigenvalue weighted by atomic mass is 32.2. The van der Waals surface area contributed by atoms with E-state index in [2.05, 4.69) is 10.6 Å². The number of rotatable bonds is 1. The van der Waals surface area contributed by atoms with Gasteiger partial charge in [-0.15, -0.1) is 0 Å². The number of thiocarbonyl (C=S) groups is 1. The van der Waals surface area contributed by atoms with E-state index < -0.39 is 0 Å². The molecule has 3 atom stereocenters. The highest BCUT2D eigenvalue weighted by molar-refractivity contribution is 8.24. The number of fused-ring (bicyclic) bond motifs is 1. The van der Waals surface area contributed by atoms with Crippen molar-refractivity contribution < 1.29 is 4.79 Å². The maximum absolute atomic E-state index is 12.0. The molecule has 0 saturated carbocycles. The van der Waals surface area contributed by atoms with Crippen LogP contribution < -0.4 is 15.5 Å². The smallest absolute Gasteiger partial charge is 0.238 e. The van der Waals surface area contributed by atoms with E-state index in [4.69, 9.17) is 12.2 Å². The molecule has 1 aromatic rings. The molecule has 94 valence electrons. The van der Waals surface area contributed by atoms with Gasteiger partial charge < -0.3 is 10.2 Å². The summed E-state index contributed by atoms with van der Waals surface area (Å²) >= 11 is 6.84. The van der Waals surface area contributed by atoms with E-state index >= 15 is 0 Å². The van der Waals surface area contributed by atoms with Crippen molar-refractivity contribution in [1.29, 1.82) is 0 Å². The van der Waals surface area contributed by atoms with Gasteiger partial charge in [-0.3, -0.25) is 10.1 Å². The lowest BCUT2D eigenvalue weighted by Gasteiger charge is -2.35. The number of thioether (sulfide) groups is 1. The van der Waals surface area contributed by atoms with E-state index in [1.807, 2.05) is 42.2 Å². The monoisotopic (exact) mass is 279 g/mol. The summed E-state index contributed by atoms with van der Waals surface area (Å²) in [6, 6.07) is 9.93. The molecule has 3 unspecified atom stereocenters.